The van der Waals surface area contributed by atoms with Crippen LogP contribution in [0.15, 0.2) is 49.1 Å². The normalized spacial score (nSPS) is 24.1. The van der Waals surface area contributed by atoms with Gasteiger partial charge in [0.05, 0.1) is 54.0 Å². The van der Waals surface area contributed by atoms with Crippen molar-refractivity contribution in [2.24, 2.45) is 11.3 Å². The number of hydrogen-bond donors (Lipinski definition) is 1. The third-order valence-corrected chi connectivity index (χ3v) is 12.4. The lowest BCUT2D eigenvalue weighted by Crippen LogP contribution is -2.58. The zero-order valence-electron chi connectivity index (χ0n) is 30.4. The summed E-state index contributed by atoms with van der Waals surface area (Å²) in [7, 11) is 0. The molecular formula is C40H47FN8O3. The molecule has 0 atom stereocenters. The van der Waals surface area contributed by atoms with Crippen molar-refractivity contribution in [2.75, 3.05) is 49.6 Å². The van der Waals surface area contributed by atoms with Crippen molar-refractivity contribution in [3.63, 3.8) is 0 Å². The molecular weight excluding hydrogens is 659 g/mol. The fourth-order valence-electron chi connectivity index (χ4n) is 9.17. The number of halogens is 1. The molecule has 0 bridgehead atoms. The zero-order valence-corrected chi connectivity index (χ0v) is 30.4. The molecule has 1 spiro atoms. The van der Waals surface area contributed by atoms with Crippen LogP contribution >= 0.6 is 0 Å². The van der Waals surface area contributed by atoms with Crippen LogP contribution in [0.25, 0.3) is 22.3 Å². The first kappa shape index (κ1) is 33.4. The van der Waals surface area contributed by atoms with Gasteiger partial charge in [-0.25, -0.2) is 14.4 Å². The van der Waals surface area contributed by atoms with Crippen LogP contribution in [0.2, 0.25) is 0 Å². The van der Waals surface area contributed by atoms with Crippen LogP contribution in [0, 0.1) is 17.2 Å². The Morgan fingerprint density at radius 2 is 1.83 bits per heavy atom. The second-order valence-corrected chi connectivity index (χ2v) is 16.7. The van der Waals surface area contributed by atoms with Gasteiger partial charge in [0.2, 0.25) is 11.8 Å². The number of piperidine rings is 1. The van der Waals surface area contributed by atoms with E-state index in [1.807, 2.05) is 15.5 Å². The first-order chi connectivity index (χ1) is 25.0. The SMILES string of the molecule is CC(C)n1cnc2cc(-c3ccc4c(c3)N([C@H]3C[C@@H](N5CCC(C)(C)C5)C3)C(=O)C43CCN(C(=O)C4COC4)CC3)nc(Nc3ccncc3F)c21. The summed E-state index contributed by atoms with van der Waals surface area (Å²) >= 11 is 0. The number of fused-ring (bicyclic) bond motifs is 3. The number of carbonyl (C=O) groups excluding carboxylic acids is 2. The molecule has 11 nitrogen and oxygen atoms in total. The molecule has 1 aromatic carbocycles. The average molecular weight is 707 g/mol. The van der Waals surface area contributed by atoms with E-state index in [2.05, 4.69) is 66.0 Å². The molecule has 7 heterocycles. The fraction of sp³-hybridized carbons (Fsp3) is 0.525. The molecule has 5 aliphatic rings. The van der Waals surface area contributed by atoms with Gasteiger partial charge in [-0.3, -0.25) is 19.5 Å². The molecule has 12 heteroatoms. The summed E-state index contributed by atoms with van der Waals surface area (Å²) in [4.78, 5) is 48.4. The van der Waals surface area contributed by atoms with E-state index in [0.717, 1.165) is 53.8 Å². The van der Waals surface area contributed by atoms with E-state index in [4.69, 9.17) is 14.7 Å². The Morgan fingerprint density at radius 1 is 1.04 bits per heavy atom. The lowest BCUT2D eigenvalue weighted by molar-refractivity contribution is -0.152. The van der Waals surface area contributed by atoms with E-state index in [1.54, 1.807) is 18.6 Å². The van der Waals surface area contributed by atoms with Crippen LogP contribution in [0.1, 0.15) is 71.4 Å². The second-order valence-electron chi connectivity index (χ2n) is 16.7. The number of carbonyl (C=O) groups is 2. The Balaban J connectivity index is 1.08. The van der Waals surface area contributed by atoms with Gasteiger partial charge < -0.3 is 24.4 Å². The molecule has 3 saturated heterocycles. The quantitative estimate of drug-likeness (QED) is 0.247. The summed E-state index contributed by atoms with van der Waals surface area (Å²) in [6.45, 7) is 13.1. The summed E-state index contributed by atoms with van der Waals surface area (Å²) in [5.74, 6) is 0.275. The van der Waals surface area contributed by atoms with E-state index < -0.39 is 11.2 Å². The number of aromatic nitrogens is 4. The predicted octanol–water partition coefficient (Wildman–Crippen LogP) is 6.07. The summed E-state index contributed by atoms with van der Waals surface area (Å²) in [5, 5.41) is 3.23. The van der Waals surface area contributed by atoms with Crippen LogP contribution in [-0.4, -0.2) is 92.6 Å². The average Bonchev–Trinajstić information content (AvgIpc) is 3.74. The van der Waals surface area contributed by atoms with Crippen LogP contribution in [0.5, 0.6) is 0 Å². The van der Waals surface area contributed by atoms with Crippen molar-refractivity contribution in [3.8, 4) is 11.3 Å². The minimum atomic E-state index is -0.666. The molecule has 1 N–H and O–H groups in total. The molecule has 4 aliphatic heterocycles. The van der Waals surface area contributed by atoms with Gasteiger partial charge in [-0.05, 0) is 81.7 Å². The van der Waals surface area contributed by atoms with Gasteiger partial charge >= 0.3 is 0 Å². The zero-order chi connectivity index (χ0) is 35.9. The van der Waals surface area contributed by atoms with Gasteiger partial charge in [-0.1, -0.05) is 26.0 Å². The molecule has 4 aromatic rings. The number of pyridine rings is 2. The third kappa shape index (κ3) is 5.39. The van der Waals surface area contributed by atoms with Crippen LogP contribution < -0.4 is 10.2 Å². The highest BCUT2D eigenvalue weighted by Crippen LogP contribution is 2.52. The second kappa shape index (κ2) is 12.3. The Bertz CT molecular complexity index is 2060. The molecule has 0 unspecified atom stereocenters. The van der Waals surface area contributed by atoms with E-state index in [0.29, 0.717) is 62.1 Å². The summed E-state index contributed by atoms with van der Waals surface area (Å²) in [6, 6.07) is 10.6. The van der Waals surface area contributed by atoms with Crippen LogP contribution in [-0.2, 0) is 19.7 Å². The minimum absolute atomic E-state index is 0.0617. The number of rotatable bonds is 7. The van der Waals surface area contributed by atoms with Crippen molar-refractivity contribution in [2.45, 2.75) is 83.3 Å². The summed E-state index contributed by atoms with van der Waals surface area (Å²) < 4.78 is 22.2. The lowest BCUT2D eigenvalue weighted by Gasteiger charge is -2.47. The monoisotopic (exact) mass is 706 g/mol. The topological polar surface area (TPSA) is 109 Å². The maximum atomic E-state index is 14.9. The first-order valence-electron chi connectivity index (χ1n) is 18.8. The van der Waals surface area contributed by atoms with Crippen LogP contribution in [0.4, 0.5) is 21.6 Å². The number of benzene rings is 1. The van der Waals surface area contributed by atoms with E-state index in [1.165, 1.54) is 12.6 Å². The van der Waals surface area contributed by atoms with E-state index in [9.17, 15) is 14.0 Å². The number of hydrogen-bond acceptors (Lipinski definition) is 8. The minimum Gasteiger partial charge on any atom is -0.380 e. The number of likely N-dealkylation sites (tertiary alicyclic amines) is 2. The number of anilines is 3. The Morgan fingerprint density at radius 3 is 2.50 bits per heavy atom. The Hall–Kier alpha value is -4.42. The number of amides is 2. The van der Waals surface area contributed by atoms with E-state index >= 15 is 0 Å². The van der Waals surface area contributed by atoms with Gasteiger partial charge in [0, 0.05) is 55.2 Å². The molecule has 1 aliphatic carbocycles. The highest BCUT2D eigenvalue weighted by Gasteiger charge is 2.56. The highest BCUT2D eigenvalue weighted by atomic mass is 19.1. The maximum Gasteiger partial charge on any atom is 0.238 e. The van der Waals surface area contributed by atoms with Gasteiger partial charge in [0.25, 0.3) is 0 Å². The summed E-state index contributed by atoms with van der Waals surface area (Å²) in [5.41, 5.74) is 5.01. The molecule has 3 aromatic heterocycles. The van der Waals surface area contributed by atoms with Crippen molar-refractivity contribution < 1.29 is 18.7 Å². The highest BCUT2D eigenvalue weighted by molar-refractivity contribution is 6.09. The van der Waals surface area contributed by atoms with Crippen LogP contribution in [0.3, 0.4) is 0 Å². The van der Waals surface area contributed by atoms with Crippen molar-refractivity contribution >= 4 is 40.0 Å². The van der Waals surface area contributed by atoms with Crippen molar-refractivity contribution in [1.82, 2.24) is 29.3 Å². The number of nitrogens with zero attached hydrogens (tertiary/aromatic N) is 7. The van der Waals surface area contributed by atoms with Crippen molar-refractivity contribution in [3.05, 3.63) is 60.4 Å². The fourth-order valence-corrected chi connectivity index (χ4v) is 9.17. The van der Waals surface area contributed by atoms with Gasteiger partial charge in [0.15, 0.2) is 11.6 Å². The Labute approximate surface area is 303 Å². The third-order valence-electron chi connectivity index (χ3n) is 12.4. The standard InChI is InChI=1S/C40H47FN8O3/c1-24(2)48-23-43-33-18-32(45-36(35(33)48)44-31-7-11-42-19-30(31)41)25-5-6-29-34(15-25)49(28-16-27(17-28)47-12-8-39(3,4)22-47)38(51)40(29)9-13-46(14-10-40)37(50)26-20-52-21-26/h5-7,11,15,18-19,23-24,26-28H,8-10,12-14,16-17,20-22H2,1-4H3,(H,42,44,45)/t27-,28+. The van der Waals surface area contributed by atoms with Crippen molar-refractivity contribution in [1.29, 1.82) is 0 Å². The largest absolute Gasteiger partial charge is 0.380 e. The molecule has 0 radical (unpaired) electrons. The first-order valence-corrected chi connectivity index (χ1v) is 18.8. The predicted molar refractivity (Wildman–Crippen MR) is 197 cm³/mol. The van der Waals surface area contributed by atoms with E-state index in [-0.39, 0.29) is 35.5 Å². The number of nitrogens with one attached hydrogen (secondary N) is 1. The number of imidazole rings is 1. The lowest BCUT2D eigenvalue weighted by atomic mass is 9.73. The molecule has 52 heavy (non-hydrogen) atoms. The molecule has 9 rings (SSSR count). The molecule has 1 saturated carbocycles. The van der Waals surface area contributed by atoms with Gasteiger partial charge in [0.1, 0.15) is 5.52 Å². The Kier molecular flexibility index (Phi) is 7.93. The molecule has 272 valence electrons. The van der Waals surface area contributed by atoms with Gasteiger partial charge in [-0.2, -0.15) is 0 Å². The number of ether oxygens (including phenoxy) is 1. The molecule has 2 amide bonds. The molecule has 4 fully saturated rings. The summed E-state index contributed by atoms with van der Waals surface area (Å²) in [6.07, 6.45) is 8.85. The smallest absolute Gasteiger partial charge is 0.238 e. The van der Waals surface area contributed by atoms with Gasteiger partial charge in [-0.15, -0.1) is 0 Å². The maximum absolute atomic E-state index is 14.9.